The van der Waals surface area contributed by atoms with Crippen LogP contribution in [0.3, 0.4) is 0 Å². The van der Waals surface area contributed by atoms with Crippen LogP contribution in [0.15, 0.2) is 53.4 Å². The number of unbranched alkanes of at least 4 members (excludes halogenated alkanes) is 1. The zero-order valence-electron chi connectivity index (χ0n) is 24.6. The molecule has 7 nitrogen and oxygen atoms in total. The summed E-state index contributed by atoms with van der Waals surface area (Å²) in [5.41, 5.74) is -0.452. The van der Waals surface area contributed by atoms with Crippen LogP contribution in [0.4, 0.5) is 0 Å². The first-order valence-corrected chi connectivity index (χ1v) is 16.5. The summed E-state index contributed by atoms with van der Waals surface area (Å²) in [5.74, 6) is 1.58. The van der Waals surface area contributed by atoms with E-state index >= 15 is 0 Å². The van der Waals surface area contributed by atoms with Crippen LogP contribution < -0.4 is 10.1 Å². The number of amides is 2. The average molecular weight is 580 g/mol. The van der Waals surface area contributed by atoms with Crippen LogP contribution in [-0.4, -0.2) is 69.8 Å². The Kier molecular flexibility index (Phi) is 9.62. The van der Waals surface area contributed by atoms with Gasteiger partial charge in [0.05, 0.1) is 5.60 Å². The van der Waals surface area contributed by atoms with Crippen LogP contribution in [0.5, 0.6) is 11.5 Å². The molecule has 5 rings (SSSR count). The van der Waals surface area contributed by atoms with Gasteiger partial charge in [-0.3, -0.25) is 14.5 Å². The van der Waals surface area contributed by atoms with Gasteiger partial charge in [-0.2, -0.15) is 0 Å². The number of piperidine rings is 1. The van der Waals surface area contributed by atoms with E-state index in [1.54, 1.807) is 11.8 Å². The summed E-state index contributed by atoms with van der Waals surface area (Å²) >= 11 is 1.71. The van der Waals surface area contributed by atoms with Crippen molar-refractivity contribution in [1.29, 1.82) is 0 Å². The van der Waals surface area contributed by atoms with E-state index in [1.165, 1.54) is 10.5 Å². The standard InChI is InChI=1S/C33H45N3O4S/c1-3-4-20-36-30(37)29(23-32(39)16-6-5-7-17-32)34-31(38)33(36)18-21-35(22-19-33)24-25-8-10-26(11-9-25)40-27-12-14-28(41-2)15-13-27/h8-15,29,39H,3-7,16-24H2,1-2H3,(H,34,38)/t29-/m1/s1. The SMILES string of the molecule is CCCCN1C(=O)[C@@H](CC2(O)CCCCC2)NC(=O)C12CCN(Cc1ccc(Oc3ccc(SC)cc3)cc1)CC2. The van der Waals surface area contributed by atoms with Crippen LogP contribution in [-0.2, 0) is 16.1 Å². The molecule has 1 saturated carbocycles. The number of piperazine rings is 1. The number of aliphatic hydroxyl groups is 1. The average Bonchev–Trinajstić information content (AvgIpc) is 2.98. The van der Waals surface area contributed by atoms with E-state index in [0.29, 0.717) is 38.6 Å². The number of nitrogens with zero attached hydrogens (tertiary/aromatic N) is 2. The van der Waals surface area contributed by atoms with Crippen molar-refractivity contribution in [2.75, 3.05) is 25.9 Å². The Labute approximate surface area is 249 Å². The second-order valence-electron chi connectivity index (χ2n) is 12.1. The van der Waals surface area contributed by atoms with Crippen LogP contribution >= 0.6 is 11.8 Å². The summed E-state index contributed by atoms with van der Waals surface area (Å²) in [7, 11) is 0. The van der Waals surface area contributed by atoms with E-state index in [-0.39, 0.29) is 11.8 Å². The number of benzene rings is 2. The van der Waals surface area contributed by atoms with E-state index in [9.17, 15) is 14.7 Å². The van der Waals surface area contributed by atoms with Gasteiger partial charge in [0.2, 0.25) is 11.8 Å². The molecule has 8 heteroatoms. The largest absolute Gasteiger partial charge is 0.457 e. The molecule has 0 aromatic heterocycles. The Morgan fingerprint density at radius 1 is 0.951 bits per heavy atom. The minimum atomic E-state index is -0.852. The molecule has 2 N–H and O–H groups in total. The van der Waals surface area contributed by atoms with Gasteiger partial charge < -0.3 is 20.1 Å². The molecule has 0 radical (unpaired) electrons. The number of thioether (sulfide) groups is 1. The summed E-state index contributed by atoms with van der Waals surface area (Å²) in [6.07, 6.45) is 9.97. The summed E-state index contributed by atoms with van der Waals surface area (Å²) in [6, 6.07) is 15.7. The normalized spacial score (nSPS) is 22.5. The van der Waals surface area contributed by atoms with E-state index < -0.39 is 17.2 Å². The van der Waals surface area contributed by atoms with Gasteiger partial charge in [0.25, 0.3) is 0 Å². The summed E-state index contributed by atoms with van der Waals surface area (Å²) in [6.45, 7) is 5.00. The Hall–Kier alpha value is -2.55. The quantitative estimate of drug-likeness (QED) is 0.349. The highest BCUT2D eigenvalue weighted by Crippen LogP contribution is 2.38. The minimum absolute atomic E-state index is 0.0100. The second-order valence-corrected chi connectivity index (χ2v) is 13.0. The molecule has 1 atom stereocenters. The maximum absolute atomic E-state index is 13.8. The first-order chi connectivity index (χ1) is 19.8. The fraction of sp³-hybridized carbons (Fsp3) is 0.576. The van der Waals surface area contributed by atoms with Gasteiger partial charge >= 0.3 is 0 Å². The molecular formula is C33H45N3O4S. The molecule has 3 fully saturated rings. The van der Waals surface area contributed by atoms with Gasteiger partial charge in [-0.25, -0.2) is 0 Å². The van der Waals surface area contributed by atoms with Crippen molar-refractivity contribution < 1.29 is 19.4 Å². The molecule has 3 aliphatic rings. The molecule has 222 valence electrons. The maximum Gasteiger partial charge on any atom is 0.246 e. The molecule has 2 saturated heterocycles. The highest BCUT2D eigenvalue weighted by molar-refractivity contribution is 7.98. The number of carbonyl (C=O) groups excluding carboxylic acids is 2. The molecule has 41 heavy (non-hydrogen) atoms. The third-order valence-electron chi connectivity index (χ3n) is 9.22. The van der Waals surface area contributed by atoms with E-state index in [2.05, 4.69) is 47.7 Å². The number of nitrogens with one attached hydrogen (secondary N) is 1. The van der Waals surface area contributed by atoms with Crippen molar-refractivity contribution in [1.82, 2.24) is 15.1 Å². The van der Waals surface area contributed by atoms with Gasteiger partial charge in [-0.15, -0.1) is 11.8 Å². The van der Waals surface area contributed by atoms with Crippen molar-refractivity contribution in [2.24, 2.45) is 0 Å². The van der Waals surface area contributed by atoms with E-state index in [0.717, 1.165) is 63.2 Å². The zero-order valence-corrected chi connectivity index (χ0v) is 25.4. The van der Waals surface area contributed by atoms with Crippen LogP contribution in [0.1, 0.15) is 76.7 Å². The Morgan fingerprint density at radius 3 is 2.20 bits per heavy atom. The van der Waals surface area contributed by atoms with Gasteiger partial charge in [0, 0.05) is 37.5 Å². The summed E-state index contributed by atoms with van der Waals surface area (Å²) in [5, 5.41) is 14.2. The first-order valence-electron chi connectivity index (χ1n) is 15.3. The van der Waals surface area contributed by atoms with Crippen molar-refractivity contribution in [3.63, 3.8) is 0 Å². The third kappa shape index (κ3) is 6.92. The zero-order chi connectivity index (χ0) is 28.9. The van der Waals surface area contributed by atoms with E-state index in [4.69, 9.17) is 4.74 Å². The van der Waals surface area contributed by atoms with Crippen LogP contribution in [0.25, 0.3) is 0 Å². The molecule has 1 aliphatic carbocycles. The lowest BCUT2D eigenvalue weighted by Crippen LogP contribution is -2.73. The smallest absolute Gasteiger partial charge is 0.246 e. The lowest BCUT2D eigenvalue weighted by Gasteiger charge is -2.52. The second kappa shape index (κ2) is 13.2. The molecule has 2 heterocycles. The number of rotatable bonds is 10. The lowest BCUT2D eigenvalue weighted by atomic mass is 9.77. The summed E-state index contributed by atoms with van der Waals surface area (Å²) in [4.78, 5) is 33.0. The van der Waals surface area contributed by atoms with Crippen molar-refractivity contribution >= 4 is 23.6 Å². The van der Waals surface area contributed by atoms with Crippen molar-refractivity contribution in [3.8, 4) is 11.5 Å². The molecular weight excluding hydrogens is 534 g/mol. The van der Waals surface area contributed by atoms with E-state index in [1.807, 2.05) is 29.2 Å². The number of hydrogen-bond donors (Lipinski definition) is 2. The molecule has 2 amide bonds. The number of ether oxygens (including phenoxy) is 1. The predicted molar refractivity (Wildman–Crippen MR) is 163 cm³/mol. The highest BCUT2D eigenvalue weighted by Gasteiger charge is 2.54. The predicted octanol–water partition coefficient (Wildman–Crippen LogP) is 5.75. The van der Waals surface area contributed by atoms with Crippen LogP contribution in [0.2, 0.25) is 0 Å². The van der Waals surface area contributed by atoms with Crippen molar-refractivity contribution in [3.05, 3.63) is 54.1 Å². The molecule has 2 aromatic rings. The third-order valence-corrected chi connectivity index (χ3v) is 9.96. The van der Waals surface area contributed by atoms with Gasteiger partial charge in [-0.05, 0) is 80.3 Å². The van der Waals surface area contributed by atoms with Crippen molar-refractivity contribution in [2.45, 2.75) is 99.8 Å². The van der Waals surface area contributed by atoms with Gasteiger partial charge in [0.15, 0.2) is 0 Å². The van der Waals surface area contributed by atoms with Gasteiger partial charge in [0.1, 0.15) is 23.1 Å². The molecule has 1 spiro atoms. The summed E-state index contributed by atoms with van der Waals surface area (Å²) < 4.78 is 6.01. The van der Waals surface area contributed by atoms with Crippen LogP contribution in [0, 0.1) is 0 Å². The molecule has 0 bridgehead atoms. The van der Waals surface area contributed by atoms with Gasteiger partial charge in [-0.1, -0.05) is 44.7 Å². The molecule has 0 unspecified atom stereocenters. The minimum Gasteiger partial charge on any atom is -0.457 e. The highest BCUT2D eigenvalue weighted by atomic mass is 32.2. The lowest BCUT2D eigenvalue weighted by molar-refractivity contribution is -0.163. The Balaban J connectivity index is 1.20. The maximum atomic E-state index is 13.8. The first kappa shape index (κ1) is 29.9. The fourth-order valence-corrected chi connectivity index (χ4v) is 7.14. The molecule has 2 aromatic carbocycles. The molecule has 2 aliphatic heterocycles. The fourth-order valence-electron chi connectivity index (χ4n) is 6.73. The monoisotopic (exact) mass is 579 g/mol. The topological polar surface area (TPSA) is 82.1 Å². The number of carbonyl (C=O) groups is 2. The number of hydrogen-bond acceptors (Lipinski definition) is 6. The number of likely N-dealkylation sites (tertiary alicyclic amines) is 1. The Morgan fingerprint density at radius 2 is 1.59 bits per heavy atom. The Bertz CT molecular complexity index is 1170.